The van der Waals surface area contributed by atoms with Crippen molar-refractivity contribution in [3.63, 3.8) is 0 Å². The quantitative estimate of drug-likeness (QED) is 0.560. The van der Waals surface area contributed by atoms with Gasteiger partial charge in [-0.05, 0) is 43.2 Å². The SMILES string of the molecule is O=C(NCCn1nnc2cc(S(=O)(=O)N3CCCC3)ccc21)Nc1ccc2c(c1)OCCO2. The van der Waals surface area contributed by atoms with Crippen molar-refractivity contribution in [3.05, 3.63) is 36.4 Å². The Kier molecular flexibility index (Phi) is 5.77. The van der Waals surface area contributed by atoms with Gasteiger partial charge in [0.05, 0.1) is 17.0 Å². The van der Waals surface area contributed by atoms with Crippen molar-refractivity contribution in [1.29, 1.82) is 0 Å². The van der Waals surface area contributed by atoms with Gasteiger partial charge in [0.25, 0.3) is 0 Å². The molecule has 0 unspecified atom stereocenters. The maximum absolute atomic E-state index is 12.8. The number of rotatable bonds is 6. The van der Waals surface area contributed by atoms with Gasteiger partial charge in [-0.15, -0.1) is 5.10 Å². The first kappa shape index (κ1) is 21.5. The molecule has 174 valence electrons. The van der Waals surface area contributed by atoms with Crippen molar-refractivity contribution < 1.29 is 22.7 Å². The second kappa shape index (κ2) is 8.87. The summed E-state index contributed by atoms with van der Waals surface area (Å²) in [6.45, 7) is 2.76. The Bertz CT molecular complexity index is 1290. The Balaban J connectivity index is 1.19. The van der Waals surface area contributed by atoms with Crippen molar-refractivity contribution in [3.8, 4) is 11.5 Å². The molecule has 0 radical (unpaired) electrons. The van der Waals surface area contributed by atoms with Crippen LogP contribution in [0.1, 0.15) is 12.8 Å². The van der Waals surface area contributed by atoms with E-state index in [1.807, 2.05) is 0 Å². The first-order chi connectivity index (χ1) is 16.0. The molecular weight excluding hydrogens is 448 g/mol. The highest BCUT2D eigenvalue weighted by atomic mass is 32.2. The fourth-order valence-corrected chi connectivity index (χ4v) is 5.46. The maximum atomic E-state index is 12.8. The number of ether oxygens (including phenoxy) is 2. The number of hydrogen-bond acceptors (Lipinski definition) is 7. The fraction of sp³-hybridized carbons (Fsp3) is 0.381. The van der Waals surface area contributed by atoms with Crippen molar-refractivity contribution in [1.82, 2.24) is 24.6 Å². The molecule has 5 rings (SSSR count). The van der Waals surface area contributed by atoms with E-state index >= 15 is 0 Å². The minimum absolute atomic E-state index is 0.223. The molecule has 0 bridgehead atoms. The van der Waals surface area contributed by atoms with Crippen LogP contribution in [0.4, 0.5) is 10.5 Å². The van der Waals surface area contributed by atoms with Gasteiger partial charge in [-0.1, -0.05) is 5.21 Å². The zero-order valence-corrected chi connectivity index (χ0v) is 18.7. The van der Waals surface area contributed by atoms with Crippen molar-refractivity contribution >= 4 is 32.8 Å². The van der Waals surface area contributed by atoms with E-state index in [4.69, 9.17) is 9.47 Å². The number of anilines is 1. The molecule has 0 spiro atoms. The van der Waals surface area contributed by atoms with Gasteiger partial charge in [0.1, 0.15) is 18.7 Å². The van der Waals surface area contributed by atoms with E-state index in [0.717, 1.165) is 12.8 Å². The Morgan fingerprint density at radius 1 is 1.03 bits per heavy atom. The van der Waals surface area contributed by atoms with Gasteiger partial charge in [0.2, 0.25) is 10.0 Å². The summed E-state index contributed by atoms with van der Waals surface area (Å²) in [7, 11) is -3.51. The van der Waals surface area contributed by atoms with Gasteiger partial charge in [0.15, 0.2) is 11.5 Å². The summed E-state index contributed by atoms with van der Waals surface area (Å²) in [5.41, 5.74) is 1.79. The fourth-order valence-electron chi connectivity index (χ4n) is 3.93. The lowest BCUT2D eigenvalue weighted by atomic mass is 10.2. The molecule has 12 heteroatoms. The Hall–Kier alpha value is -3.38. The second-order valence-corrected chi connectivity index (χ2v) is 9.75. The summed E-state index contributed by atoms with van der Waals surface area (Å²) in [6.07, 6.45) is 1.76. The minimum atomic E-state index is -3.51. The molecule has 2 N–H and O–H groups in total. The molecule has 2 aliphatic heterocycles. The number of hydrogen-bond donors (Lipinski definition) is 2. The second-order valence-electron chi connectivity index (χ2n) is 7.81. The third kappa shape index (κ3) is 4.44. The number of sulfonamides is 1. The third-order valence-electron chi connectivity index (χ3n) is 5.60. The molecule has 0 saturated carbocycles. The molecule has 1 aromatic heterocycles. The standard InChI is InChI=1S/C21H24N6O5S/c28-21(23-15-3-6-19-20(13-15)32-12-11-31-19)22-7-10-27-18-5-4-16(14-17(18)24-25-27)33(29,30)26-8-1-2-9-26/h3-6,13-14H,1-2,7-12H2,(H2,22,23,28). The zero-order chi connectivity index (χ0) is 22.8. The number of amides is 2. The Morgan fingerprint density at radius 2 is 1.82 bits per heavy atom. The van der Waals surface area contributed by atoms with Crippen LogP contribution in [-0.2, 0) is 16.6 Å². The highest BCUT2D eigenvalue weighted by molar-refractivity contribution is 7.89. The lowest BCUT2D eigenvalue weighted by Crippen LogP contribution is -2.31. The van der Waals surface area contributed by atoms with Crippen molar-refractivity contribution in [2.75, 3.05) is 38.2 Å². The molecule has 33 heavy (non-hydrogen) atoms. The van der Waals surface area contributed by atoms with Crippen LogP contribution in [0.3, 0.4) is 0 Å². The average molecular weight is 473 g/mol. The molecule has 2 aromatic carbocycles. The number of nitrogens with one attached hydrogen (secondary N) is 2. The third-order valence-corrected chi connectivity index (χ3v) is 7.49. The predicted octanol–water partition coefficient (Wildman–Crippen LogP) is 1.81. The summed E-state index contributed by atoms with van der Waals surface area (Å²) in [5, 5.41) is 13.7. The van der Waals surface area contributed by atoms with Gasteiger partial charge >= 0.3 is 6.03 Å². The topological polar surface area (TPSA) is 128 Å². The van der Waals surface area contributed by atoms with E-state index in [-0.39, 0.29) is 10.9 Å². The van der Waals surface area contributed by atoms with E-state index in [2.05, 4.69) is 20.9 Å². The highest BCUT2D eigenvalue weighted by Gasteiger charge is 2.27. The van der Waals surface area contributed by atoms with Crippen LogP contribution in [0.5, 0.6) is 11.5 Å². The number of fused-ring (bicyclic) bond motifs is 2. The van der Waals surface area contributed by atoms with E-state index in [9.17, 15) is 13.2 Å². The lowest BCUT2D eigenvalue weighted by molar-refractivity contribution is 0.171. The summed E-state index contributed by atoms with van der Waals surface area (Å²) in [4.78, 5) is 12.5. The number of nitrogens with zero attached hydrogens (tertiary/aromatic N) is 4. The molecule has 2 amide bonds. The van der Waals surface area contributed by atoms with Crippen LogP contribution in [0.15, 0.2) is 41.3 Å². The van der Waals surface area contributed by atoms with Crippen LogP contribution >= 0.6 is 0 Å². The first-order valence-electron chi connectivity index (χ1n) is 10.8. The van der Waals surface area contributed by atoms with Gasteiger partial charge in [-0.25, -0.2) is 17.9 Å². The van der Waals surface area contributed by atoms with Crippen LogP contribution in [0.25, 0.3) is 11.0 Å². The van der Waals surface area contributed by atoms with Gasteiger partial charge in [-0.3, -0.25) is 0 Å². The van der Waals surface area contributed by atoms with Crippen molar-refractivity contribution in [2.45, 2.75) is 24.3 Å². The normalized spacial score (nSPS) is 16.1. The smallest absolute Gasteiger partial charge is 0.319 e. The van der Waals surface area contributed by atoms with Crippen LogP contribution < -0.4 is 20.1 Å². The van der Waals surface area contributed by atoms with Crippen LogP contribution in [0.2, 0.25) is 0 Å². The van der Waals surface area contributed by atoms with E-state index < -0.39 is 10.0 Å². The molecular formula is C21H24N6O5S. The summed E-state index contributed by atoms with van der Waals surface area (Å²) < 4.78 is 39.7. The average Bonchev–Trinajstić information content (AvgIpc) is 3.50. The predicted molar refractivity (Wildman–Crippen MR) is 120 cm³/mol. The van der Waals surface area contributed by atoms with Crippen LogP contribution in [0, 0.1) is 0 Å². The summed E-state index contributed by atoms with van der Waals surface area (Å²) >= 11 is 0. The zero-order valence-electron chi connectivity index (χ0n) is 17.9. The number of benzene rings is 2. The maximum Gasteiger partial charge on any atom is 0.319 e. The molecule has 0 aliphatic carbocycles. The van der Waals surface area contributed by atoms with E-state index in [0.29, 0.717) is 67.6 Å². The van der Waals surface area contributed by atoms with E-state index in [1.165, 1.54) is 4.31 Å². The minimum Gasteiger partial charge on any atom is -0.486 e. The summed E-state index contributed by atoms with van der Waals surface area (Å²) in [5.74, 6) is 1.25. The molecule has 3 heterocycles. The first-order valence-corrected chi connectivity index (χ1v) is 12.2. The molecule has 11 nitrogen and oxygen atoms in total. The van der Waals surface area contributed by atoms with Gasteiger partial charge in [0, 0.05) is 31.4 Å². The van der Waals surface area contributed by atoms with Gasteiger partial charge < -0.3 is 20.1 Å². The molecule has 1 fully saturated rings. The number of carbonyl (C=O) groups is 1. The molecule has 1 saturated heterocycles. The monoisotopic (exact) mass is 472 g/mol. The number of urea groups is 1. The molecule has 3 aromatic rings. The van der Waals surface area contributed by atoms with Gasteiger partial charge in [-0.2, -0.15) is 4.31 Å². The Labute approximate surface area is 190 Å². The van der Waals surface area contributed by atoms with E-state index in [1.54, 1.807) is 41.1 Å². The number of carbonyl (C=O) groups excluding carboxylic acids is 1. The number of aromatic nitrogens is 3. The Morgan fingerprint density at radius 3 is 2.64 bits per heavy atom. The molecule has 0 atom stereocenters. The van der Waals surface area contributed by atoms with Crippen molar-refractivity contribution in [2.24, 2.45) is 0 Å². The molecule has 2 aliphatic rings. The largest absolute Gasteiger partial charge is 0.486 e. The highest BCUT2D eigenvalue weighted by Crippen LogP contribution is 2.32. The van der Waals surface area contributed by atoms with Crippen LogP contribution in [-0.4, -0.2) is 66.6 Å². The lowest BCUT2D eigenvalue weighted by Gasteiger charge is -2.19. The summed E-state index contributed by atoms with van der Waals surface area (Å²) in [6, 6.07) is 9.68.